The highest BCUT2D eigenvalue weighted by molar-refractivity contribution is 5.98. The molecule has 21 nitrogen and oxygen atoms in total. The van der Waals surface area contributed by atoms with Crippen molar-refractivity contribution in [1.29, 1.82) is 0 Å². The number of hydrogen-bond donors (Lipinski definition) is 11. The van der Waals surface area contributed by atoms with Gasteiger partial charge < -0.3 is 64.6 Å². The van der Waals surface area contributed by atoms with Gasteiger partial charge in [-0.2, -0.15) is 0 Å². The van der Waals surface area contributed by atoms with Crippen LogP contribution in [0, 0.1) is 11.7 Å². The highest BCUT2D eigenvalue weighted by Gasteiger charge is 2.39. The van der Waals surface area contributed by atoms with E-state index in [4.69, 9.17) is 22.9 Å². The lowest BCUT2D eigenvalue weighted by atomic mass is 9.99. The number of carboxylic acids is 1. The number of halogens is 1. The predicted molar refractivity (Wildman–Crippen MR) is 231 cm³/mol. The molecule has 7 amide bonds. The van der Waals surface area contributed by atoms with E-state index in [1.54, 1.807) is 44.2 Å². The van der Waals surface area contributed by atoms with E-state index in [1.807, 2.05) is 0 Å². The lowest BCUT2D eigenvalue weighted by Crippen LogP contribution is -2.60. The lowest BCUT2D eigenvalue weighted by molar-refractivity contribution is -0.149. The Hall–Kier alpha value is -6.68. The average molecular weight is 898 g/mol. The maximum Gasteiger partial charge on any atom is 0.326 e. The molecule has 2 aromatic rings. The zero-order valence-electron chi connectivity index (χ0n) is 35.8. The van der Waals surface area contributed by atoms with Crippen molar-refractivity contribution in [3.63, 3.8) is 0 Å². The first-order chi connectivity index (χ1) is 30.3. The third-order valence-corrected chi connectivity index (χ3v) is 10.2. The summed E-state index contributed by atoms with van der Waals surface area (Å²) in [4.78, 5) is 112. The predicted octanol–water partition coefficient (Wildman–Crippen LogP) is -2.59. The van der Waals surface area contributed by atoms with Crippen LogP contribution in [0.4, 0.5) is 4.39 Å². The molecule has 350 valence electrons. The highest BCUT2D eigenvalue weighted by atomic mass is 19.1. The normalized spacial score (nSPS) is 16.2. The molecule has 0 saturated carbocycles. The molecule has 15 N–H and O–H groups in total. The van der Waals surface area contributed by atoms with E-state index in [-0.39, 0.29) is 63.5 Å². The largest absolute Gasteiger partial charge is 0.480 e. The van der Waals surface area contributed by atoms with Crippen molar-refractivity contribution in [2.24, 2.45) is 33.8 Å². The summed E-state index contributed by atoms with van der Waals surface area (Å²) >= 11 is 0. The second-order valence-corrected chi connectivity index (χ2v) is 15.9. The van der Waals surface area contributed by atoms with Crippen molar-refractivity contribution in [1.82, 2.24) is 31.5 Å². The monoisotopic (exact) mass is 897 g/mol. The van der Waals surface area contributed by atoms with Crippen LogP contribution in [0.1, 0.15) is 63.5 Å². The van der Waals surface area contributed by atoms with Gasteiger partial charge in [0, 0.05) is 25.9 Å². The summed E-state index contributed by atoms with van der Waals surface area (Å²) < 4.78 is 13.9. The number of aliphatic carboxylic acids is 1. The fourth-order valence-corrected chi connectivity index (χ4v) is 6.94. The number of benzene rings is 2. The van der Waals surface area contributed by atoms with Gasteiger partial charge in [0.05, 0.1) is 13.0 Å². The fourth-order valence-electron chi connectivity index (χ4n) is 6.94. The van der Waals surface area contributed by atoms with Gasteiger partial charge in [-0.25, -0.2) is 9.18 Å². The van der Waals surface area contributed by atoms with Gasteiger partial charge >= 0.3 is 5.97 Å². The fraction of sp³-hybridized carbons (Fsp3) is 0.500. The Balaban J connectivity index is 1.94. The van der Waals surface area contributed by atoms with Gasteiger partial charge in [-0.05, 0) is 61.3 Å². The Bertz CT molecular complexity index is 1970. The number of aliphatic hydroxyl groups is 1. The number of carbonyl (C=O) groups excluding carboxylic acids is 7. The van der Waals surface area contributed by atoms with Crippen LogP contribution in [0.15, 0.2) is 59.6 Å². The molecule has 0 aliphatic carbocycles. The number of rotatable bonds is 25. The number of aliphatic hydroxyl groups excluding tert-OH is 1. The van der Waals surface area contributed by atoms with Gasteiger partial charge in [0.25, 0.3) is 0 Å². The quantitative estimate of drug-likeness (QED) is 0.0277. The molecule has 7 atom stereocenters. The van der Waals surface area contributed by atoms with Crippen LogP contribution >= 0.6 is 0 Å². The SMILES string of the molecule is CC(C)C[C@H](NC(=O)[C@H](Cc1ccc(F)cc1)NC(=O)[C@H](Cc1ccccc1)NC(=O)[C@@H](N)CO)C(=O)N[C@@H](CCCN=C(N)N)C(=O)N[C@@H](CC(N)=O)C(=O)N1CCC[C@H]1C(=O)O. The number of primary amides is 1. The number of carboxylic acid groups (broad SMARTS) is 1. The second-order valence-electron chi connectivity index (χ2n) is 15.9. The van der Waals surface area contributed by atoms with Gasteiger partial charge in [-0.3, -0.25) is 38.6 Å². The van der Waals surface area contributed by atoms with Crippen molar-refractivity contribution in [3.05, 3.63) is 71.5 Å². The summed E-state index contributed by atoms with van der Waals surface area (Å²) in [5, 5.41) is 32.0. The molecule has 3 rings (SSSR count). The molecule has 0 radical (unpaired) electrons. The zero-order chi connectivity index (χ0) is 47.5. The Morgan fingerprint density at radius 1 is 0.750 bits per heavy atom. The first-order valence-corrected chi connectivity index (χ1v) is 20.8. The third kappa shape index (κ3) is 16.9. The van der Waals surface area contributed by atoms with Crippen LogP contribution in [0.2, 0.25) is 0 Å². The van der Waals surface area contributed by atoms with Crippen molar-refractivity contribution >= 4 is 53.3 Å². The molecule has 22 heteroatoms. The minimum atomic E-state index is -1.58. The first kappa shape index (κ1) is 51.7. The molecule has 0 spiro atoms. The Labute approximate surface area is 369 Å². The van der Waals surface area contributed by atoms with Crippen LogP contribution in [0.3, 0.4) is 0 Å². The molecule has 1 aliphatic rings. The maximum atomic E-state index is 14.3. The second kappa shape index (κ2) is 25.4. The van der Waals surface area contributed by atoms with Crippen molar-refractivity contribution < 1.29 is 53.0 Å². The van der Waals surface area contributed by atoms with E-state index in [0.29, 0.717) is 17.5 Å². The summed E-state index contributed by atoms with van der Waals surface area (Å²) in [7, 11) is 0. The number of carbonyl (C=O) groups is 8. The number of nitrogens with two attached hydrogens (primary N) is 4. The summed E-state index contributed by atoms with van der Waals surface area (Å²) in [6.45, 7) is 2.89. The molecule has 1 fully saturated rings. The number of likely N-dealkylation sites (tertiary alicyclic amines) is 1. The van der Waals surface area contributed by atoms with Gasteiger partial charge in [0.1, 0.15) is 48.1 Å². The van der Waals surface area contributed by atoms with E-state index in [0.717, 1.165) is 17.0 Å². The number of hydrogen-bond acceptors (Lipinski definition) is 11. The third-order valence-electron chi connectivity index (χ3n) is 10.2. The Morgan fingerprint density at radius 3 is 1.81 bits per heavy atom. The minimum absolute atomic E-state index is 0.0111. The Morgan fingerprint density at radius 2 is 1.27 bits per heavy atom. The molecule has 64 heavy (non-hydrogen) atoms. The van der Waals surface area contributed by atoms with Crippen LogP contribution in [0.25, 0.3) is 0 Å². The van der Waals surface area contributed by atoms with Crippen LogP contribution in [-0.2, 0) is 51.2 Å². The van der Waals surface area contributed by atoms with E-state index in [9.17, 15) is 53.0 Å². The van der Waals surface area contributed by atoms with Crippen molar-refractivity contribution in [2.45, 2.75) is 108 Å². The van der Waals surface area contributed by atoms with E-state index in [2.05, 4.69) is 31.6 Å². The molecular formula is C42H60FN11O10. The average Bonchev–Trinajstić information content (AvgIpc) is 3.74. The minimum Gasteiger partial charge on any atom is -0.480 e. The smallest absolute Gasteiger partial charge is 0.326 e. The number of aliphatic imine (C=N–C) groups is 1. The number of amides is 7. The summed E-state index contributed by atoms with van der Waals surface area (Å²) in [5.74, 6) is -8.45. The molecule has 0 aromatic heterocycles. The molecule has 0 unspecified atom stereocenters. The Kier molecular flexibility index (Phi) is 20.5. The number of guanidine groups is 1. The van der Waals surface area contributed by atoms with Crippen LogP contribution < -0.4 is 49.5 Å². The van der Waals surface area contributed by atoms with Crippen LogP contribution in [-0.4, -0.2) is 130 Å². The summed E-state index contributed by atoms with van der Waals surface area (Å²) in [6.07, 6.45) is -0.398. The zero-order valence-corrected chi connectivity index (χ0v) is 35.8. The van der Waals surface area contributed by atoms with E-state index >= 15 is 0 Å². The standard InChI is InChI=1S/C42H60FN11O10/c1-23(2)18-29(37(59)49-28(10-6-16-48-42(46)47)36(58)53-32(21-34(45)56)40(62)54-17-7-11-33(54)41(63)64)51-39(61)31(20-25-12-14-26(43)15-13-25)52-38(60)30(50-35(57)27(44)22-55)19-24-8-4-3-5-9-24/h3-5,8-9,12-15,23,27-33,55H,6-7,10-11,16-22,44H2,1-2H3,(H2,45,56)(H,49,59)(H,50,57)(H,51,61)(H,52,60)(H,53,58)(H,63,64)(H4,46,47,48)/t27-,28-,29-,30-,31-,32-,33-/m0/s1. The molecule has 1 saturated heterocycles. The molecule has 1 aliphatic heterocycles. The van der Waals surface area contributed by atoms with Crippen molar-refractivity contribution in [2.75, 3.05) is 19.7 Å². The van der Waals surface area contributed by atoms with Crippen LogP contribution in [0.5, 0.6) is 0 Å². The van der Waals surface area contributed by atoms with E-state index < -0.39 is 108 Å². The topological polar surface area (TPSA) is 357 Å². The molecule has 1 heterocycles. The van der Waals surface area contributed by atoms with Crippen molar-refractivity contribution in [3.8, 4) is 0 Å². The summed E-state index contributed by atoms with van der Waals surface area (Å²) in [5.41, 5.74) is 23.1. The maximum absolute atomic E-state index is 14.3. The number of nitrogens with zero attached hydrogens (tertiary/aromatic N) is 2. The van der Waals surface area contributed by atoms with Gasteiger partial charge in [0.15, 0.2) is 5.96 Å². The lowest BCUT2D eigenvalue weighted by Gasteiger charge is -2.29. The first-order valence-electron chi connectivity index (χ1n) is 20.8. The highest BCUT2D eigenvalue weighted by Crippen LogP contribution is 2.20. The summed E-state index contributed by atoms with van der Waals surface area (Å²) in [6, 6.07) is 4.10. The van der Waals surface area contributed by atoms with E-state index in [1.165, 1.54) is 12.1 Å². The molecule has 0 bridgehead atoms. The van der Waals surface area contributed by atoms with Gasteiger partial charge in [-0.15, -0.1) is 0 Å². The van der Waals surface area contributed by atoms with Gasteiger partial charge in [-0.1, -0.05) is 56.3 Å². The molecular weight excluding hydrogens is 838 g/mol. The number of nitrogens with one attached hydrogen (secondary N) is 5. The molecule has 2 aromatic carbocycles. The van der Waals surface area contributed by atoms with Gasteiger partial charge in [0.2, 0.25) is 41.4 Å².